The molecule has 10 heterocycles. The third-order valence-electron chi connectivity index (χ3n) is 19.2. The highest BCUT2D eigenvalue weighted by Gasteiger charge is 2.19. The molecular weight excluding hydrogens is 1750 g/mol. The van der Waals surface area contributed by atoms with Crippen molar-refractivity contribution in [2.75, 3.05) is 74.4 Å². The number of rotatable bonds is 30. The van der Waals surface area contributed by atoms with Crippen LogP contribution in [-0.4, -0.2) is 134 Å². The summed E-state index contributed by atoms with van der Waals surface area (Å²) in [5, 5.41) is 63.6. The Morgan fingerprint density at radius 1 is 0.316 bits per heavy atom. The van der Waals surface area contributed by atoms with E-state index >= 15 is 0 Å². The van der Waals surface area contributed by atoms with Gasteiger partial charge in [-0.25, -0.2) is 4.98 Å². The summed E-state index contributed by atoms with van der Waals surface area (Å²) in [4.78, 5) is 75.2. The second-order valence-corrected chi connectivity index (χ2v) is 34.2. The highest BCUT2D eigenvalue weighted by atomic mass is 32.1. The molecule has 39 heteroatoms. The molecule has 0 bridgehead atoms. The first-order valence-corrected chi connectivity index (χ1v) is 45.6. The number of H-pyrrole nitrogens is 2. The zero-order chi connectivity index (χ0) is 94.1. The second kappa shape index (κ2) is 44.6. The number of aromatic nitrogens is 21. The van der Waals surface area contributed by atoms with E-state index in [4.69, 9.17) is 0 Å². The molecule has 16 N–H and O–H groups in total. The maximum Gasteiger partial charge on any atom is 0.233 e. The molecule has 136 heavy (non-hydrogen) atoms. The van der Waals surface area contributed by atoms with E-state index < -0.39 is 0 Å². The van der Waals surface area contributed by atoms with Crippen LogP contribution in [0.2, 0.25) is 0 Å². The summed E-state index contributed by atoms with van der Waals surface area (Å²) in [5.74, 6) is 7.48. The van der Waals surface area contributed by atoms with Gasteiger partial charge in [0, 0.05) is 116 Å². The molecule has 37 nitrogen and oxygen atoms in total. The summed E-state index contributed by atoms with van der Waals surface area (Å²) in [6, 6.07) is 82.0. The fourth-order valence-electron chi connectivity index (χ4n) is 13.4. The molecule has 0 atom stereocenters. The van der Waals surface area contributed by atoms with E-state index in [1.54, 1.807) is 17.5 Å². The van der Waals surface area contributed by atoms with Gasteiger partial charge in [-0.3, -0.25) is 5.10 Å². The van der Waals surface area contributed by atoms with Crippen LogP contribution in [0.3, 0.4) is 0 Å². The first-order chi connectivity index (χ1) is 66.2. The fraction of sp³-hybridized carbons (Fsp3) is 0.186. The maximum atomic E-state index is 4.60. The fourth-order valence-corrected chi connectivity index (χ4v) is 14.8. The van der Waals surface area contributed by atoms with Crippen LogP contribution in [0.25, 0.3) is 43.1 Å². The van der Waals surface area contributed by atoms with Crippen LogP contribution in [0.15, 0.2) is 271 Å². The quantitative estimate of drug-likeness (QED) is 0.0199. The molecule has 0 aliphatic carbocycles. The average molecular weight is 1850 g/mol. The van der Waals surface area contributed by atoms with Gasteiger partial charge in [0.05, 0.1) is 50.9 Å². The molecule has 0 radical (unpaired) electrons. The van der Waals surface area contributed by atoms with Crippen molar-refractivity contribution in [2.45, 2.75) is 119 Å². The van der Waals surface area contributed by atoms with Crippen LogP contribution in [0.1, 0.15) is 91.2 Å². The Bertz CT molecular complexity index is 6990. The molecule has 0 fully saturated rings. The third-order valence-corrected chi connectivity index (χ3v) is 20.7. The number of thiazole rings is 1. The SMILES string of the molecule is CC(C)Nc1nc(Cc2cccc3nsnc23)nc(Nc2ccccc2)n1.CC(C)Nc1nc(Nc2ccccc2)nc(Nc2ccc3[nH]ccc3c2)n1.CC(C)Nc1nc(Nc2ccccc2)nc(Nc2ccc3[nH]ncc3c2)n1.CC(C)Nc1nc(Nc2ccccc2)nc(Nc2ccc3c(c2)N=NC3)n1.Cc1nc2cc(Nc3nc(Nc4ccccc4)nc(NC(C)C)n3)ccc2s1. The number of hydrogen-bond donors (Lipinski definition) is 16. The van der Waals surface area contributed by atoms with Gasteiger partial charge in [-0.1, -0.05) is 109 Å². The van der Waals surface area contributed by atoms with Crippen LogP contribution in [0, 0.1) is 6.92 Å². The summed E-state index contributed by atoms with van der Waals surface area (Å²) >= 11 is 2.90. The van der Waals surface area contributed by atoms with Crippen LogP contribution in [-0.2, 0) is 13.0 Å². The monoisotopic (exact) mass is 1850 g/mol. The third kappa shape index (κ3) is 27.0. The van der Waals surface area contributed by atoms with Crippen LogP contribution >= 0.6 is 23.1 Å². The molecule has 0 unspecified atom stereocenters. The molecule has 0 amide bonds. The Kier molecular flexibility index (Phi) is 30.2. The van der Waals surface area contributed by atoms with Gasteiger partial charge < -0.3 is 79.4 Å². The zero-order valence-corrected chi connectivity index (χ0v) is 78.0. The van der Waals surface area contributed by atoms with Gasteiger partial charge in [-0.05, 0) is 221 Å². The molecule has 9 aromatic heterocycles. The Labute approximate surface area is 792 Å². The smallest absolute Gasteiger partial charge is 0.233 e. The number of nitrogens with zero attached hydrogens (tertiary/aromatic N) is 21. The maximum absolute atomic E-state index is 4.60. The number of azo groups is 1. The summed E-state index contributed by atoms with van der Waals surface area (Å²) in [7, 11) is 0. The number of fused-ring (bicyclic) bond motifs is 5. The van der Waals surface area contributed by atoms with Crippen LogP contribution in [0.4, 0.5) is 140 Å². The molecule has 0 saturated heterocycles. The molecule has 1 aliphatic rings. The van der Waals surface area contributed by atoms with Gasteiger partial charge in [-0.15, -0.1) is 11.3 Å². The lowest BCUT2D eigenvalue weighted by molar-refractivity contribution is 0.849. The van der Waals surface area contributed by atoms with Gasteiger partial charge in [0.2, 0.25) is 83.3 Å². The van der Waals surface area contributed by atoms with Crippen molar-refractivity contribution in [3.63, 3.8) is 0 Å². The molecule has 0 spiro atoms. The van der Waals surface area contributed by atoms with Crippen molar-refractivity contribution in [1.82, 2.24) is 104 Å². The highest BCUT2D eigenvalue weighted by molar-refractivity contribution is 7.18. The van der Waals surface area contributed by atoms with Crippen LogP contribution < -0.4 is 74.4 Å². The number of nitrogens with one attached hydrogen (secondary N) is 16. The van der Waals surface area contributed by atoms with E-state index in [0.717, 1.165) is 116 Å². The minimum Gasteiger partial charge on any atom is -0.361 e. The number of anilines is 23. The molecule has 19 aromatic rings. The average Bonchev–Trinajstić information content (AvgIpc) is 1.64. The van der Waals surface area contributed by atoms with E-state index in [9.17, 15) is 0 Å². The molecular formula is C97H101N37S2. The van der Waals surface area contributed by atoms with Crippen molar-refractivity contribution in [3.8, 4) is 0 Å². The number of hydrogen-bond acceptors (Lipinski definition) is 37. The largest absolute Gasteiger partial charge is 0.361 e. The summed E-state index contributed by atoms with van der Waals surface area (Å²) in [6.45, 7) is 23.1. The summed E-state index contributed by atoms with van der Waals surface area (Å²) < 4.78 is 9.87. The predicted molar refractivity (Wildman–Crippen MR) is 548 cm³/mol. The molecule has 686 valence electrons. The Morgan fingerprint density at radius 3 is 1.12 bits per heavy atom. The number of aromatic amines is 2. The highest BCUT2D eigenvalue weighted by Crippen LogP contribution is 2.34. The van der Waals surface area contributed by atoms with E-state index in [2.05, 4.69) is 214 Å². The Morgan fingerprint density at radius 2 is 0.684 bits per heavy atom. The lowest BCUT2D eigenvalue weighted by Gasteiger charge is -2.13. The first kappa shape index (κ1) is 92.1. The molecule has 10 aromatic carbocycles. The number of benzene rings is 10. The summed E-state index contributed by atoms with van der Waals surface area (Å²) in [5.41, 5.74) is 15.9. The van der Waals surface area contributed by atoms with E-state index in [1.165, 1.54) is 11.7 Å². The van der Waals surface area contributed by atoms with Crippen molar-refractivity contribution < 1.29 is 0 Å². The Hall–Kier alpha value is -17.2. The Balaban J connectivity index is 0.000000123. The van der Waals surface area contributed by atoms with Gasteiger partial charge in [0.1, 0.15) is 16.9 Å². The van der Waals surface area contributed by atoms with Crippen molar-refractivity contribution in [1.29, 1.82) is 0 Å². The van der Waals surface area contributed by atoms with E-state index in [-0.39, 0.29) is 30.2 Å². The van der Waals surface area contributed by atoms with Crippen LogP contribution in [0.5, 0.6) is 0 Å². The van der Waals surface area contributed by atoms with Crippen molar-refractivity contribution in [3.05, 3.63) is 283 Å². The van der Waals surface area contributed by atoms with Gasteiger partial charge in [-0.2, -0.15) is 98.8 Å². The van der Waals surface area contributed by atoms with E-state index in [0.29, 0.717) is 102 Å². The zero-order valence-electron chi connectivity index (χ0n) is 76.3. The van der Waals surface area contributed by atoms with Gasteiger partial charge >= 0.3 is 0 Å². The first-order valence-electron chi connectivity index (χ1n) is 44.1. The molecule has 0 saturated carbocycles. The van der Waals surface area contributed by atoms with E-state index in [1.807, 2.05) is 305 Å². The van der Waals surface area contributed by atoms with Gasteiger partial charge in [0.25, 0.3) is 0 Å². The summed E-state index contributed by atoms with van der Waals surface area (Å²) in [6.07, 6.45) is 4.26. The minimum absolute atomic E-state index is 0.199. The predicted octanol–water partition coefficient (Wildman–Crippen LogP) is 22.6. The normalized spacial score (nSPS) is 11.2. The standard InChI is InChI=1S/C20H21N7S.C20H21N7.2C19H20N8.C19H19N7S/c1-12(2)21-18-25-19(23-14-7-5-4-6-8-14)27-20(26-18)24-15-9-10-17-16(11-15)22-13(3)28-17;1-13(2)22-18-25-19(23-15-6-4-3-5-7-15)27-20(26-18)24-16-8-9-17-14(12-16)10-11-21-17;1-12(2)21-17-24-18(22-14-6-4-3-5-7-14)26-19(25-17)23-15-8-9-16-13(10-15)11-20-27-16;1-12(2)21-17-24-18(22-14-6-4-3-5-7-14)26-19(25-17)23-15-9-8-13-11-20-27-16(13)10-15;1-12(2)20-18-22-16(11-13-7-6-10-15-17(13)26-27-25-15)23-19(24-18)21-14-8-4-3-5-9-14/h4-12H,1-3H3,(H3,21,23,24,25,26,27);3-13,21H,1-2H3,(H3,22,23,24,25,26,27);3-12H,1-2H3,(H,20,27)(H3,21,22,23,24,25,26);3-10,12H,11H2,1-2H3,(H3,21,22,23,24,25,26);3-10,12H,11H2,1-2H3,(H2,20,21,22,23,24). The lowest BCUT2D eigenvalue weighted by atomic mass is 10.1. The second-order valence-electron chi connectivity index (χ2n) is 32.4. The number of aryl methyl sites for hydroxylation is 1. The van der Waals surface area contributed by atoms with Crippen molar-refractivity contribution in [2.24, 2.45) is 10.2 Å². The minimum atomic E-state index is 0.199. The topological polar surface area (TPSA) is 470 Å². The number of para-hydroxylation sites is 5. The van der Waals surface area contributed by atoms with Gasteiger partial charge in [0.15, 0.2) is 0 Å². The molecule has 1 aliphatic heterocycles. The van der Waals surface area contributed by atoms with Crippen molar-refractivity contribution >= 4 is 206 Å². The molecule has 20 rings (SSSR count). The lowest BCUT2D eigenvalue weighted by Crippen LogP contribution is -2.15.